The van der Waals surface area contributed by atoms with Gasteiger partial charge >= 0.3 is 5.97 Å². The molecule has 0 N–H and O–H groups in total. The third kappa shape index (κ3) is 4.67. The van der Waals surface area contributed by atoms with Gasteiger partial charge in [0, 0.05) is 26.2 Å². The van der Waals surface area contributed by atoms with Gasteiger partial charge in [-0.3, -0.25) is 4.79 Å². The molecule has 0 aliphatic carbocycles. The normalized spacial score (nSPS) is 14.8. The number of nitrogens with zero attached hydrogens (tertiary/aromatic N) is 5. The van der Waals surface area contributed by atoms with Crippen molar-refractivity contribution in [2.24, 2.45) is 0 Å². The quantitative estimate of drug-likeness (QED) is 0.532. The SMILES string of the molecule is COc1ccccc1N1CCN(c2nc3ccccc3nc2[C@@H](C#N)C(=O)OC(C)C)CC1. The average Bonchev–Trinajstić information content (AvgIpc) is 2.83. The maximum absolute atomic E-state index is 12.7. The summed E-state index contributed by atoms with van der Waals surface area (Å²) in [6.45, 7) is 6.32. The number of esters is 1. The van der Waals surface area contributed by atoms with Crippen molar-refractivity contribution in [1.29, 1.82) is 5.26 Å². The van der Waals surface area contributed by atoms with E-state index in [2.05, 4.69) is 15.9 Å². The van der Waals surface area contributed by atoms with Gasteiger partial charge in [-0.05, 0) is 38.1 Å². The molecule has 1 atom stereocenters. The van der Waals surface area contributed by atoms with Gasteiger partial charge in [-0.1, -0.05) is 24.3 Å². The predicted octanol–water partition coefficient (Wildman–Crippen LogP) is 3.52. The van der Waals surface area contributed by atoms with Crippen LogP contribution in [0.1, 0.15) is 25.5 Å². The van der Waals surface area contributed by atoms with Crippen LogP contribution in [-0.4, -0.2) is 55.3 Å². The number of benzene rings is 2. The number of methoxy groups -OCH3 is 1. The molecule has 170 valence electrons. The van der Waals surface area contributed by atoms with E-state index in [4.69, 9.17) is 19.4 Å². The standard InChI is InChI=1S/C25H27N5O3/c1-17(2)33-25(31)18(16-26)23-24(28-20-9-5-4-8-19(20)27-23)30-14-12-29(13-15-30)21-10-6-7-11-22(21)32-3/h4-11,17-18H,12-15H2,1-3H3/t18-/m1/s1. The second kappa shape index (κ2) is 9.74. The number of carbonyl (C=O) groups is 1. The van der Waals surface area contributed by atoms with Crippen molar-refractivity contribution in [1.82, 2.24) is 9.97 Å². The summed E-state index contributed by atoms with van der Waals surface area (Å²) < 4.78 is 10.9. The van der Waals surface area contributed by atoms with E-state index in [1.165, 1.54) is 0 Å². The highest BCUT2D eigenvalue weighted by Gasteiger charge is 2.32. The zero-order chi connectivity index (χ0) is 23.4. The van der Waals surface area contributed by atoms with Crippen LogP contribution < -0.4 is 14.5 Å². The van der Waals surface area contributed by atoms with Crippen molar-refractivity contribution in [2.75, 3.05) is 43.1 Å². The number of aromatic nitrogens is 2. The van der Waals surface area contributed by atoms with Gasteiger partial charge in [-0.15, -0.1) is 0 Å². The van der Waals surface area contributed by atoms with Crippen LogP contribution in [-0.2, 0) is 9.53 Å². The Labute approximate surface area is 193 Å². The van der Waals surface area contributed by atoms with Gasteiger partial charge in [0.2, 0.25) is 0 Å². The van der Waals surface area contributed by atoms with Gasteiger partial charge in [-0.2, -0.15) is 5.26 Å². The van der Waals surface area contributed by atoms with Crippen LogP contribution in [0.4, 0.5) is 11.5 Å². The first-order valence-corrected chi connectivity index (χ1v) is 11.0. The summed E-state index contributed by atoms with van der Waals surface area (Å²) in [5, 5.41) is 9.85. The zero-order valence-corrected chi connectivity index (χ0v) is 19.1. The summed E-state index contributed by atoms with van der Waals surface area (Å²) in [6, 6.07) is 17.5. The van der Waals surface area contributed by atoms with Crippen LogP contribution in [0, 0.1) is 11.3 Å². The van der Waals surface area contributed by atoms with Crippen LogP contribution in [0.15, 0.2) is 48.5 Å². The average molecular weight is 446 g/mol. The third-order valence-corrected chi connectivity index (χ3v) is 5.57. The molecule has 2 heterocycles. The highest BCUT2D eigenvalue weighted by atomic mass is 16.5. The Bertz CT molecular complexity index is 1180. The Hall–Kier alpha value is -3.86. The van der Waals surface area contributed by atoms with E-state index in [-0.39, 0.29) is 6.10 Å². The minimum absolute atomic E-state index is 0.324. The molecule has 33 heavy (non-hydrogen) atoms. The lowest BCUT2D eigenvalue weighted by atomic mass is 10.1. The van der Waals surface area contributed by atoms with Gasteiger partial charge < -0.3 is 19.3 Å². The second-order valence-corrected chi connectivity index (χ2v) is 8.11. The first-order chi connectivity index (χ1) is 16.0. The fourth-order valence-electron chi connectivity index (χ4n) is 4.01. The first-order valence-electron chi connectivity index (χ1n) is 11.0. The molecule has 1 aliphatic rings. The summed E-state index contributed by atoms with van der Waals surface area (Å²) in [5.74, 6) is -0.364. The third-order valence-electron chi connectivity index (χ3n) is 5.57. The van der Waals surface area contributed by atoms with Crippen molar-refractivity contribution in [3.63, 3.8) is 0 Å². The molecule has 1 saturated heterocycles. The van der Waals surface area contributed by atoms with Crippen molar-refractivity contribution in [3.05, 3.63) is 54.2 Å². The lowest BCUT2D eigenvalue weighted by Gasteiger charge is -2.37. The van der Waals surface area contributed by atoms with Crippen molar-refractivity contribution in [3.8, 4) is 11.8 Å². The molecule has 8 nitrogen and oxygen atoms in total. The highest BCUT2D eigenvalue weighted by molar-refractivity contribution is 5.85. The number of hydrogen-bond acceptors (Lipinski definition) is 8. The van der Waals surface area contributed by atoms with Crippen molar-refractivity contribution < 1.29 is 14.3 Å². The van der Waals surface area contributed by atoms with Gasteiger partial charge in [0.15, 0.2) is 11.7 Å². The number of para-hydroxylation sites is 4. The monoisotopic (exact) mass is 445 g/mol. The van der Waals surface area contributed by atoms with E-state index in [0.717, 1.165) is 30.0 Å². The summed E-state index contributed by atoms with van der Waals surface area (Å²) in [7, 11) is 1.67. The van der Waals surface area contributed by atoms with Crippen molar-refractivity contribution in [2.45, 2.75) is 25.9 Å². The summed E-state index contributed by atoms with van der Waals surface area (Å²) in [6.07, 6.45) is -0.324. The number of piperazine rings is 1. The molecule has 1 aromatic heterocycles. The molecule has 4 rings (SSSR count). The lowest BCUT2D eigenvalue weighted by Crippen LogP contribution is -2.47. The molecule has 3 aromatic rings. The first kappa shape index (κ1) is 22.3. The Kier molecular flexibility index (Phi) is 6.59. The van der Waals surface area contributed by atoms with E-state index in [9.17, 15) is 10.1 Å². The fraction of sp³-hybridized carbons (Fsp3) is 0.360. The molecule has 0 unspecified atom stereocenters. The predicted molar refractivity (Wildman–Crippen MR) is 127 cm³/mol. The molecule has 0 saturated carbocycles. The Balaban J connectivity index is 1.66. The van der Waals surface area contributed by atoms with Crippen LogP contribution >= 0.6 is 0 Å². The maximum atomic E-state index is 12.7. The van der Waals surface area contributed by atoms with Crippen LogP contribution in [0.5, 0.6) is 5.75 Å². The molecule has 1 fully saturated rings. The highest BCUT2D eigenvalue weighted by Crippen LogP contribution is 2.32. The fourth-order valence-corrected chi connectivity index (χ4v) is 4.01. The van der Waals surface area contributed by atoms with E-state index in [1.54, 1.807) is 21.0 Å². The number of hydrogen-bond donors (Lipinski definition) is 0. The Morgan fingerprint density at radius 3 is 2.21 bits per heavy atom. The molecule has 0 amide bonds. The second-order valence-electron chi connectivity index (χ2n) is 8.11. The van der Waals surface area contributed by atoms with E-state index >= 15 is 0 Å². The zero-order valence-electron chi connectivity index (χ0n) is 19.1. The minimum atomic E-state index is -1.15. The number of nitriles is 1. The minimum Gasteiger partial charge on any atom is -0.495 e. The van der Waals surface area contributed by atoms with Gasteiger partial charge in [0.25, 0.3) is 0 Å². The number of ether oxygens (including phenoxy) is 2. The topological polar surface area (TPSA) is 91.6 Å². The van der Waals surface area contributed by atoms with E-state index in [0.29, 0.717) is 30.1 Å². The van der Waals surface area contributed by atoms with Gasteiger partial charge in [0.1, 0.15) is 11.4 Å². The van der Waals surface area contributed by atoms with Gasteiger partial charge in [-0.25, -0.2) is 9.97 Å². The van der Waals surface area contributed by atoms with Crippen molar-refractivity contribution >= 4 is 28.5 Å². The molecular formula is C25H27N5O3. The molecule has 2 aromatic carbocycles. The molecule has 0 radical (unpaired) electrons. The summed E-state index contributed by atoms with van der Waals surface area (Å²) >= 11 is 0. The van der Waals surface area contributed by atoms with Crippen LogP contribution in [0.2, 0.25) is 0 Å². The molecule has 8 heteroatoms. The lowest BCUT2D eigenvalue weighted by molar-refractivity contribution is -0.147. The number of rotatable bonds is 6. The van der Waals surface area contributed by atoms with Crippen LogP contribution in [0.25, 0.3) is 11.0 Å². The van der Waals surface area contributed by atoms with E-state index < -0.39 is 11.9 Å². The summed E-state index contributed by atoms with van der Waals surface area (Å²) in [4.78, 5) is 26.6. The largest absolute Gasteiger partial charge is 0.495 e. The molecule has 0 bridgehead atoms. The Morgan fingerprint density at radius 1 is 0.970 bits per heavy atom. The maximum Gasteiger partial charge on any atom is 0.329 e. The number of anilines is 2. The molecule has 0 spiro atoms. The van der Waals surface area contributed by atoms with E-state index in [1.807, 2.05) is 48.5 Å². The molecule has 1 aliphatic heterocycles. The molecular weight excluding hydrogens is 418 g/mol. The summed E-state index contributed by atoms with van der Waals surface area (Å²) in [5.41, 5.74) is 2.74. The van der Waals surface area contributed by atoms with Crippen LogP contribution in [0.3, 0.4) is 0 Å². The van der Waals surface area contributed by atoms with Gasteiger partial charge in [0.05, 0.1) is 36.0 Å². The number of fused-ring (bicyclic) bond motifs is 1. The Morgan fingerprint density at radius 2 is 1.58 bits per heavy atom. The number of carbonyl (C=O) groups excluding carboxylic acids is 1. The smallest absolute Gasteiger partial charge is 0.329 e.